The van der Waals surface area contributed by atoms with Gasteiger partial charge in [-0.2, -0.15) is 4.98 Å². The van der Waals surface area contributed by atoms with Crippen molar-refractivity contribution in [3.8, 4) is 11.1 Å². The highest BCUT2D eigenvalue weighted by molar-refractivity contribution is 7.18. The maximum Gasteiger partial charge on any atom is 0.337 e. The zero-order valence-corrected chi connectivity index (χ0v) is 19.6. The van der Waals surface area contributed by atoms with E-state index in [1.165, 1.54) is 7.11 Å². The smallest absolute Gasteiger partial charge is 0.337 e. The number of carbonyl (C=O) groups excluding carboxylic acids is 1. The van der Waals surface area contributed by atoms with Gasteiger partial charge in [-0.3, -0.25) is 0 Å². The van der Waals surface area contributed by atoms with E-state index >= 15 is 0 Å². The maximum absolute atomic E-state index is 11.7. The fraction of sp³-hybridized carbons (Fsp3) is 0.375. The highest BCUT2D eigenvalue weighted by atomic mass is 32.1. The van der Waals surface area contributed by atoms with Crippen molar-refractivity contribution in [2.24, 2.45) is 0 Å². The average molecular weight is 464 g/mol. The average Bonchev–Trinajstić information content (AvgIpc) is 3.52. The zero-order chi connectivity index (χ0) is 22.9. The van der Waals surface area contributed by atoms with Crippen LogP contribution in [-0.4, -0.2) is 46.3 Å². The van der Waals surface area contributed by atoms with Crippen LogP contribution < -0.4 is 4.90 Å². The van der Waals surface area contributed by atoms with Gasteiger partial charge in [0.2, 0.25) is 5.89 Å². The summed E-state index contributed by atoms with van der Waals surface area (Å²) in [6.07, 6.45) is 3.52. The molecule has 0 amide bonds. The second-order valence-electron chi connectivity index (χ2n) is 8.50. The van der Waals surface area contributed by atoms with Crippen LogP contribution in [0.5, 0.6) is 0 Å². The van der Waals surface area contributed by atoms with Gasteiger partial charge in [-0.25, -0.2) is 14.8 Å². The lowest BCUT2D eigenvalue weighted by Gasteiger charge is -2.31. The Kier molecular flexibility index (Phi) is 5.80. The quantitative estimate of drug-likeness (QED) is 0.380. The molecule has 33 heavy (non-hydrogen) atoms. The van der Waals surface area contributed by atoms with E-state index in [9.17, 15) is 4.79 Å². The Labute approximate surface area is 195 Å². The van der Waals surface area contributed by atoms with Crippen molar-refractivity contribution in [3.05, 3.63) is 53.3 Å². The number of aromatic nitrogens is 4. The molecule has 0 N–H and O–H groups in total. The van der Waals surface area contributed by atoms with Gasteiger partial charge >= 0.3 is 5.97 Å². The van der Waals surface area contributed by atoms with Crippen LogP contribution in [0.3, 0.4) is 0 Å². The molecule has 9 heteroatoms. The van der Waals surface area contributed by atoms with Crippen molar-refractivity contribution >= 4 is 33.3 Å². The molecule has 0 unspecified atom stereocenters. The van der Waals surface area contributed by atoms with E-state index < -0.39 is 0 Å². The minimum absolute atomic E-state index is 0.265. The molecule has 5 rings (SSSR count). The van der Waals surface area contributed by atoms with Crippen molar-refractivity contribution in [2.75, 3.05) is 25.1 Å². The Balaban J connectivity index is 1.36. The van der Waals surface area contributed by atoms with E-state index in [4.69, 9.17) is 9.26 Å². The Morgan fingerprint density at radius 1 is 1.18 bits per heavy atom. The number of hydrogen-bond acceptors (Lipinski definition) is 9. The summed E-state index contributed by atoms with van der Waals surface area (Å²) in [5.41, 5.74) is 3.50. The molecule has 170 valence electrons. The van der Waals surface area contributed by atoms with Gasteiger partial charge in [0.05, 0.1) is 22.9 Å². The molecular weight excluding hydrogens is 438 g/mol. The first-order valence-corrected chi connectivity index (χ1v) is 11.9. The van der Waals surface area contributed by atoms with Crippen molar-refractivity contribution < 1.29 is 14.1 Å². The topological polar surface area (TPSA) is 94.2 Å². The first kappa shape index (κ1) is 21.5. The third kappa shape index (κ3) is 4.08. The number of anilines is 1. The maximum atomic E-state index is 11.7. The van der Waals surface area contributed by atoms with Crippen LogP contribution in [0, 0.1) is 0 Å². The molecule has 0 atom stereocenters. The van der Waals surface area contributed by atoms with Crippen LogP contribution >= 0.6 is 11.3 Å². The second kappa shape index (κ2) is 8.90. The van der Waals surface area contributed by atoms with Crippen molar-refractivity contribution in [3.63, 3.8) is 0 Å². The fourth-order valence-corrected chi connectivity index (χ4v) is 5.20. The number of esters is 1. The van der Waals surface area contributed by atoms with Crippen LogP contribution in [0.1, 0.15) is 60.6 Å². The summed E-state index contributed by atoms with van der Waals surface area (Å²) in [6.45, 7) is 5.88. The van der Waals surface area contributed by atoms with Gasteiger partial charge in [0.25, 0.3) is 0 Å². The van der Waals surface area contributed by atoms with Crippen molar-refractivity contribution in [1.29, 1.82) is 0 Å². The summed E-state index contributed by atoms with van der Waals surface area (Å²) in [5, 5.41) is 6.22. The van der Waals surface area contributed by atoms with Gasteiger partial charge in [0.1, 0.15) is 12.1 Å². The largest absolute Gasteiger partial charge is 0.465 e. The predicted octanol–water partition coefficient (Wildman–Crippen LogP) is 5.04. The number of nitrogens with zero attached hydrogens (tertiary/aromatic N) is 5. The predicted molar refractivity (Wildman–Crippen MR) is 127 cm³/mol. The number of piperidine rings is 1. The third-order valence-electron chi connectivity index (χ3n) is 6.07. The molecule has 0 aliphatic carbocycles. The lowest BCUT2D eigenvalue weighted by Crippen LogP contribution is -2.33. The number of fused-ring (bicyclic) bond motifs is 1. The normalized spacial score (nSPS) is 14.8. The van der Waals surface area contributed by atoms with Crippen LogP contribution in [0.15, 0.2) is 40.5 Å². The summed E-state index contributed by atoms with van der Waals surface area (Å²) in [4.78, 5) is 27.8. The first-order chi connectivity index (χ1) is 16.0. The van der Waals surface area contributed by atoms with E-state index in [0.29, 0.717) is 5.56 Å². The summed E-state index contributed by atoms with van der Waals surface area (Å²) in [6, 6.07) is 7.41. The molecule has 1 aromatic carbocycles. The number of carbonyl (C=O) groups is 1. The molecule has 4 aromatic rings. The van der Waals surface area contributed by atoms with Crippen LogP contribution in [-0.2, 0) is 4.74 Å². The molecule has 0 spiro atoms. The van der Waals surface area contributed by atoms with Gasteiger partial charge in [-0.05, 0) is 30.5 Å². The minimum Gasteiger partial charge on any atom is -0.465 e. The molecule has 1 aliphatic heterocycles. The molecular formula is C24H25N5O3S. The molecule has 3 aromatic heterocycles. The van der Waals surface area contributed by atoms with E-state index in [-0.39, 0.29) is 17.8 Å². The Morgan fingerprint density at radius 2 is 1.94 bits per heavy atom. The van der Waals surface area contributed by atoms with Crippen LogP contribution in [0.25, 0.3) is 21.3 Å². The van der Waals surface area contributed by atoms with Gasteiger partial charge in [-0.15, -0.1) is 11.3 Å². The highest BCUT2D eigenvalue weighted by Crippen LogP contribution is 2.38. The van der Waals surface area contributed by atoms with Crippen LogP contribution in [0.2, 0.25) is 0 Å². The molecule has 1 saturated heterocycles. The SMILES string of the molecule is COC(=O)c1ccc(-c2csc3c(N4CCC(c5nc(C(C)C)no5)CC4)ncnc23)cc1. The molecule has 1 fully saturated rings. The number of methoxy groups -OCH3 is 1. The number of benzene rings is 1. The van der Waals surface area contributed by atoms with Crippen molar-refractivity contribution in [1.82, 2.24) is 20.1 Å². The minimum atomic E-state index is -0.342. The van der Waals surface area contributed by atoms with Crippen molar-refractivity contribution in [2.45, 2.75) is 38.5 Å². The second-order valence-corrected chi connectivity index (χ2v) is 9.38. The lowest BCUT2D eigenvalue weighted by molar-refractivity contribution is 0.0600. The zero-order valence-electron chi connectivity index (χ0n) is 18.8. The summed E-state index contributed by atoms with van der Waals surface area (Å²) < 4.78 is 11.4. The molecule has 4 heterocycles. The number of thiophene rings is 1. The fourth-order valence-electron chi connectivity index (χ4n) is 4.16. The van der Waals surface area contributed by atoms with Crippen LogP contribution in [0.4, 0.5) is 5.82 Å². The Morgan fingerprint density at radius 3 is 2.61 bits per heavy atom. The van der Waals surface area contributed by atoms with E-state index in [1.807, 2.05) is 12.1 Å². The molecule has 8 nitrogen and oxygen atoms in total. The van der Waals surface area contributed by atoms with E-state index in [1.54, 1.807) is 29.8 Å². The standard InChI is InChI=1S/C24H25N5O3S/c1-14(2)21-27-23(32-28-21)16-8-10-29(11-9-16)22-20-19(25-13-26-22)18(12-33-20)15-4-6-17(7-5-15)24(30)31-3/h4-7,12-14,16H,8-11H2,1-3H3. The summed E-state index contributed by atoms with van der Waals surface area (Å²) in [5.74, 6) is 2.70. The summed E-state index contributed by atoms with van der Waals surface area (Å²) in [7, 11) is 1.38. The van der Waals surface area contributed by atoms with Gasteiger partial charge < -0.3 is 14.2 Å². The van der Waals surface area contributed by atoms with Gasteiger partial charge in [0, 0.05) is 35.9 Å². The number of ether oxygens (including phenoxy) is 1. The number of rotatable bonds is 5. The molecule has 0 radical (unpaired) electrons. The van der Waals surface area contributed by atoms with Gasteiger partial charge in [0.15, 0.2) is 5.82 Å². The van der Waals surface area contributed by atoms with E-state index in [2.05, 4.69) is 44.2 Å². The third-order valence-corrected chi connectivity index (χ3v) is 7.03. The van der Waals surface area contributed by atoms with Gasteiger partial charge in [-0.1, -0.05) is 31.1 Å². The number of hydrogen-bond donors (Lipinski definition) is 0. The molecule has 0 bridgehead atoms. The molecule has 1 aliphatic rings. The summed E-state index contributed by atoms with van der Waals surface area (Å²) >= 11 is 1.65. The molecule has 0 saturated carbocycles. The monoisotopic (exact) mass is 463 g/mol. The highest BCUT2D eigenvalue weighted by Gasteiger charge is 2.27. The van der Waals surface area contributed by atoms with E-state index in [0.717, 1.165) is 64.8 Å². The first-order valence-electron chi connectivity index (χ1n) is 11.0. The Hall–Kier alpha value is -3.33. The lowest BCUT2D eigenvalue weighted by atomic mass is 9.96. The Bertz CT molecular complexity index is 1270.